The lowest BCUT2D eigenvalue weighted by atomic mass is 9.88. The van der Waals surface area contributed by atoms with E-state index in [9.17, 15) is 4.79 Å². The molecule has 0 radical (unpaired) electrons. The molecule has 1 aromatic rings. The maximum absolute atomic E-state index is 12.6. The zero-order valence-corrected chi connectivity index (χ0v) is 13.3. The predicted octanol–water partition coefficient (Wildman–Crippen LogP) is 2.49. The van der Waals surface area contributed by atoms with Crippen molar-refractivity contribution in [1.29, 1.82) is 0 Å². The van der Waals surface area contributed by atoms with E-state index >= 15 is 0 Å². The predicted molar refractivity (Wildman–Crippen MR) is 89.3 cm³/mol. The van der Waals surface area contributed by atoms with Gasteiger partial charge in [0.05, 0.1) is 0 Å². The highest BCUT2D eigenvalue weighted by Crippen LogP contribution is 2.26. The lowest BCUT2D eigenvalue weighted by molar-refractivity contribution is -0.138. The number of nitrogens with zero attached hydrogens (tertiary/aromatic N) is 2. The Balaban J connectivity index is 1.48. The molecule has 1 aliphatic heterocycles. The molecule has 1 saturated heterocycles. The lowest BCUT2D eigenvalue weighted by Gasteiger charge is -2.37. The van der Waals surface area contributed by atoms with Crippen LogP contribution in [-0.4, -0.2) is 41.9 Å². The van der Waals surface area contributed by atoms with Gasteiger partial charge >= 0.3 is 0 Å². The van der Waals surface area contributed by atoms with Gasteiger partial charge in [-0.05, 0) is 30.5 Å². The molecule has 22 heavy (non-hydrogen) atoms. The van der Waals surface area contributed by atoms with Crippen LogP contribution in [-0.2, 0) is 11.3 Å². The van der Waals surface area contributed by atoms with Gasteiger partial charge in [-0.3, -0.25) is 9.69 Å². The number of nitrogen functional groups attached to an aromatic ring is 1. The largest absolute Gasteiger partial charge is 0.399 e. The van der Waals surface area contributed by atoms with Gasteiger partial charge in [0.25, 0.3) is 0 Å². The second-order valence-electron chi connectivity index (χ2n) is 6.68. The fourth-order valence-electron chi connectivity index (χ4n) is 3.68. The summed E-state index contributed by atoms with van der Waals surface area (Å²) in [6.45, 7) is 4.60. The molecule has 4 nitrogen and oxygen atoms in total. The second kappa shape index (κ2) is 7.14. The molecule has 120 valence electrons. The quantitative estimate of drug-likeness (QED) is 0.873. The first-order chi connectivity index (χ1) is 10.7. The van der Waals surface area contributed by atoms with Crippen LogP contribution in [0.15, 0.2) is 24.3 Å². The van der Waals surface area contributed by atoms with E-state index < -0.39 is 0 Å². The van der Waals surface area contributed by atoms with Crippen LogP contribution in [0.2, 0.25) is 0 Å². The smallest absolute Gasteiger partial charge is 0.225 e. The summed E-state index contributed by atoms with van der Waals surface area (Å²) in [6.07, 6.45) is 5.96. The normalized spacial score (nSPS) is 21.0. The number of piperazine rings is 1. The highest BCUT2D eigenvalue weighted by molar-refractivity contribution is 5.79. The van der Waals surface area contributed by atoms with Gasteiger partial charge in [0.15, 0.2) is 0 Å². The van der Waals surface area contributed by atoms with E-state index in [-0.39, 0.29) is 0 Å². The maximum atomic E-state index is 12.6. The Labute approximate surface area is 133 Å². The molecule has 1 aliphatic carbocycles. The first-order valence-electron chi connectivity index (χ1n) is 8.58. The van der Waals surface area contributed by atoms with Gasteiger partial charge in [-0.25, -0.2) is 0 Å². The van der Waals surface area contributed by atoms with E-state index in [2.05, 4.69) is 15.9 Å². The van der Waals surface area contributed by atoms with Crippen molar-refractivity contribution in [3.05, 3.63) is 29.8 Å². The fraction of sp³-hybridized carbons (Fsp3) is 0.611. The summed E-state index contributed by atoms with van der Waals surface area (Å²) in [5.74, 6) is 0.706. The minimum absolute atomic E-state index is 0.300. The van der Waals surface area contributed by atoms with Gasteiger partial charge in [0.2, 0.25) is 5.91 Å². The van der Waals surface area contributed by atoms with Gasteiger partial charge in [0.1, 0.15) is 0 Å². The number of rotatable bonds is 3. The number of hydrogen-bond donors (Lipinski definition) is 1. The van der Waals surface area contributed by atoms with Crippen LogP contribution >= 0.6 is 0 Å². The minimum atomic E-state index is 0.300. The van der Waals surface area contributed by atoms with E-state index in [4.69, 9.17) is 5.73 Å². The van der Waals surface area contributed by atoms with Crippen LogP contribution in [0.3, 0.4) is 0 Å². The molecule has 3 rings (SSSR count). The van der Waals surface area contributed by atoms with Crippen molar-refractivity contribution >= 4 is 11.6 Å². The van der Waals surface area contributed by atoms with Gasteiger partial charge in [-0.2, -0.15) is 0 Å². The highest BCUT2D eigenvalue weighted by atomic mass is 16.2. The molecule has 1 aromatic carbocycles. The minimum Gasteiger partial charge on any atom is -0.399 e. The SMILES string of the molecule is Nc1cccc(CN2CCN(C(=O)C3CCCCC3)CC2)c1. The Hall–Kier alpha value is -1.55. The molecule has 0 atom stereocenters. The molecular weight excluding hydrogens is 274 g/mol. The summed E-state index contributed by atoms with van der Waals surface area (Å²) >= 11 is 0. The Kier molecular flexibility index (Phi) is 4.98. The average Bonchev–Trinajstić information content (AvgIpc) is 2.56. The van der Waals surface area contributed by atoms with Gasteiger partial charge < -0.3 is 10.6 Å². The fourth-order valence-corrected chi connectivity index (χ4v) is 3.68. The van der Waals surface area contributed by atoms with Crippen LogP contribution < -0.4 is 5.73 Å². The first kappa shape index (κ1) is 15.3. The van der Waals surface area contributed by atoms with Crippen LogP contribution in [0.5, 0.6) is 0 Å². The zero-order chi connectivity index (χ0) is 15.4. The van der Waals surface area contributed by atoms with Crippen LogP contribution in [0.1, 0.15) is 37.7 Å². The highest BCUT2D eigenvalue weighted by Gasteiger charge is 2.28. The number of amides is 1. The van der Waals surface area contributed by atoms with Crippen LogP contribution in [0.25, 0.3) is 0 Å². The number of nitrogens with two attached hydrogens (primary N) is 1. The van der Waals surface area contributed by atoms with E-state index in [0.717, 1.165) is 51.3 Å². The molecule has 4 heteroatoms. The van der Waals surface area contributed by atoms with Gasteiger partial charge in [0, 0.05) is 44.3 Å². The molecule has 0 aromatic heterocycles. The molecule has 1 saturated carbocycles. The molecule has 0 bridgehead atoms. The Bertz CT molecular complexity index is 503. The van der Waals surface area contributed by atoms with Crippen molar-refractivity contribution in [3.8, 4) is 0 Å². The number of carbonyl (C=O) groups is 1. The molecule has 1 heterocycles. The topological polar surface area (TPSA) is 49.6 Å². The monoisotopic (exact) mass is 301 g/mol. The second-order valence-corrected chi connectivity index (χ2v) is 6.68. The van der Waals surface area contributed by atoms with E-state index in [1.807, 2.05) is 18.2 Å². The average molecular weight is 301 g/mol. The molecule has 2 aliphatic rings. The molecule has 2 N–H and O–H groups in total. The maximum Gasteiger partial charge on any atom is 0.225 e. The summed E-state index contributed by atoms with van der Waals surface area (Å²) in [5.41, 5.74) is 7.92. The molecule has 2 fully saturated rings. The van der Waals surface area contributed by atoms with Crippen molar-refractivity contribution in [3.63, 3.8) is 0 Å². The number of anilines is 1. The number of hydrogen-bond acceptors (Lipinski definition) is 3. The molecular formula is C18H27N3O. The summed E-state index contributed by atoms with van der Waals surface area (Å²) in [4.78, 5) is 17.1. The third-order valence-corrected chi connectivity index (χ3v) is 5.00. The molecule has 0 spiro atoms. The van der Waals surface area contributed by atoms with Crippen molar-refractivity contribution in [2.24, 2.45) is 5.92 Å². The number of carbonyl (C=O) groups excluding carboxylic acids is 1. The van der Waals surface area contributed by atoms with E-state index in [1.165, 1.54) is 24.8 Å². The lowest BCUT2D eigenvalue weighted by Crippen LogP contribution is -2.50. The Morgan fingerprint density at radius 3 is 2.50 bits per heavy atom. The Morgan fingerprint density at radius 1 is 1.09 bits per heavy atom. The molecule has 1 amide bonds. The van der Waals surface area contributed by atoms with Crippen LogP contribution in [0.4, 0.5) is 5.69 Å². The van der Waals surface area contributed by atoms with Crippen LogP contribution in [0, 0.1) is 5.92 Å². The van der Waals surface area contributed by atoms with Crippen molar-refractivity contribution in [2.45, 2.75) is 38.6 Å². The number of benzene rings is 1. The standard InChI is InChI=1S/C18H27N3O/c19-17-8-4-5-15(13-17)14-20-9-11-21(12-10-20)18(22)16-6-2-1-3-7-16/h4-5,8,13,16H,1-3,6-7,9-12,14,19H2. The first-order valence-corrected chi connectivity index (χ1v) is 8.58. The summed E-state index contributed by atoms with van der Waals surface area (Å²) in [6, 6.07) is 8.09. The van der Waals surface area contributed by atoms with Crippen molar-refractivity contribution < 1.29 is 4.79 Å². The van der Waals surface area contributed by atoms with Crippen molar-refractivity contribution in [2.75, 3.05) is 31.9 Å². The summed E-state index contributed by atoms with van der Waals surface area (Å²) in [7, 11) is 0. The third-order valence-electron chi connectivity index (χ3n) is 5.00. The Morgan fingerprint density at radius 2 is 1.82 bits per heavy atom. The summed E-state index contributed by atoms with van der Waals surface area (Å²) in [5, 5.41) is 0. The third kappa shape index (κ3) is 3.80. The summed E-state index contributed by atoms with van der Waals surface area (Å²) < 4.78 is 0. The zero-order valence-electron chi connectivity index (χ0n) is 13.3. The molecule has 0 unspecified atom stereocenters. The van der Waals surface area contributed by atoms with E-state index in [1.54, 1.807) is 0 Å². The van der Waals surface area contributed by atoms with E-state index in [0.29, 0.717) is 11.8 Å². The van der Waals surface area contributed by atoms with Gasteiger partial charge in [-0.15, -0.1) is 0 Å². The van der Waals surface area contributed by atoms with Gasteiger partial charge in [-0.1, -0.05) is 31.4 Å². The van der Waals surface area contributed by atoms with Crippen molar-refractivity contribution in [1.82, 2.24) is 9.80 Å².